The summed E-state index contributed by atoms with van der Waals surface area (Å²) in [5.41, 5.74) is 3.83. The van der Waals surface area contributed by atoms with Gasteiger partial charge < -0.3 is 13.1 Å². The molecule has 0 aromatic heterocycles. The molecular formula is C19H16O3S2. The highest BCUT2D eigenvalue weighted by Crippen LogP contribution is 2.41. The van der Waals surface area contributed by atoms with Crippen LogP contribution < -0.4 is 13.1 Å². The molecule has 0 bridgehead atoms. The van der Waals surface area contributed by atoms with Gasteiger partial charge in [-0.05, 0) is 41.5 Å². The monoisotopic (exact) mass is 356 g/mol. The summed E-state index contributed by atoms with van der Waals surface area (Å²) in [5, 5.41) is 0. The summed E-state index contributed by atoms with van der Waals surface area (Å²) in [7, 11) is 1.62. The Kier molecular flexibility index (Phi) is 5.23. The lowest BCUT2D eigenvalue weighted by atomic mass is 9.97. The lowest BCUT2D eigenvalue weighted by Gasteiger charge is -2.14. The molecule has 3 rings (SSSR count). The molecule has 0 aliphatic rings. The molecule has 0 saturated heterocycles. The van der Waals surface area contributed by atoms with Crippen molar-refractivity contribution < 1.29 is 13.1 Å². The molecule has 0 atom stereocenters. The van der Waals surface area contributed by atoms with Crippen molar-refractivity contribution in [1.29, 1.82) is 0 Å². The maximum Gasteiger partial charge on any atom is 0.145 e. The number of benzene rings is 3. The van der Waals surface area contributed by atoms with Gasteiger partial charge in [0, 0.05) is 36.9 Å². The first-order chi connectivity index (χ1) is 11.8. The summed E-state index contributed by atoms with van der Waals surface area (Å²) in [6, 6.07) is 21.5. The highest BCUT2D eigenvalue weighted by atomic mass is 32.1. The Morgan fingerprint density at radius 1 is 0.667 bits per heavy atom. The van der Waals surface area contributed by atoms with Crippen molar-refractivity contribution >= 4 is 25.8 Å². The van der Waals surface area contributed by atoms with Gasteiger partial charge in [-0.15, -0.1) is 0 Å². The molecule has 5 heteroatoms. The SMILES string of the molecule is COc1ccc(OS)c(-c2cc(-c3ccccc3)ccc2OS)c1. The van der Waals surface area contributed by atoms with Crippen molar-refractivity contribution in [1.82, 2.24) is 0 Å². The summed E-state index contributed by atoms with van der Waals surface area (Å²) >= 11 is 7.92. The van der Waals surface area contributed by atoms with Crippen molar-refractivity contribution in [2.45, 2.75) is 0 Å². The van der Waals surface area contributed by atoms with Crippen LogP contribution in [0.4, 0.5) is 0 Å². The predicted octanol–water partition coefficient (Wildman–Crippen LogP) is 5.48. The topological polar surface area (TPSA) is 27.7 Å². The zero-order chi connectivity index (χ0) is 16.9. The average molecular weight is 356 g/mol. The van der Waals surface area contributed by atoms with E-state index in [0.717, 1.165) is 28.0 Å². The van der Waals surface area contributed by atoms with E-state index in [1.165, 1.54) is 0 Å². The van der Waals surface area contributed by atoms with E-state index in [4.69, 9.17) is 13.1 Å². The molecule has 24 heavy (non-hydrogen) atoms. The van der Waals surface area contributed by atoms with Crippen molar-refractivity contribution in [3.63, 3.8) is 0 Å². The number of hydrogen-bond donors (Lipinski definition) is 2. The van der Waals surface area contributed by atoms with Crippen LogP contribution in [0.25, 0.3) is 22.3 Å². The summed E-state index contributed by atoms with van der Waals surface area (Å²) in [6.45, 7) is 0. The van der Waals surface area contributed by atoms with Gasteiger partial charge >= 0.3 is 0 Å². The fourth-order valence-electron chi connectivity index (χ4n) is 2.56. The van der Waals surface area contributed by atoms with Crippen LogP contribution in [0.2, 0.25) is 0 Å². The Balaban J connectivity index is 2.19. The lowest BCUT2D eigenvalue weighted by molar-refractivity contribution is 0.414. The van der Waals surface area contributed by atoms with Gasteiger partial charge in [-0.3, -0.25) is 0 Å². The van der Waals surface area contributed by atoms with Crippen molar-refractivity contribution in [2.24, 2.45) is 0 Å². The number of hydrogen-bond acceptors (Lipinski definition) is 5. The molecule has 0 heterocycles. The Labute approximate surface area is 152 Å². The highest BCUT2D eigenvalue weighted by Gasteiger charge is 2.14. The minimum atomic E-state index is 0.607. The van der Waals surface area contributed by atoms with Crippen molar-refractivity contribution in [3.8, 4) is 39.5 Å². The van der Waals surface area contributed by atoms with Crippen LogP contribution in [0.1, 0.15) is 0 Å². The van der Waals surface area contributed by atoms with Crippen LogP contribution in [-0.4, -0.2) is 7.11 Å². The van der Waals surface area contributed by atoms with Gasteiger partial charge in [-0.2, -0.15) is 0 Å². The fraction of sp³-hybridized carbons (Fsp3) is 0.0526. The third-order valence-corrected chi connectivity index (χ3v) is 4.15. The van der Waals surface area contributed by atoms with Crippen LogP contribution in [0.15, 0.2) is 66.7 Å². The molecule has 3 aromatic carbocycles. The van der Waals surface area contributed by atoms with Gasteiger partial charge in [0.2, 0.25) is 0 Å². The van der Waals surface area contributed by atoms with E-state index in [1.807, 2.05) is 48.5 Å². The second kappa shape index (κ2) is 7.55. The second-order valence-electron chi connectivity index (χ2n) is 5.12. The molecule has 0 fully saturated rings. The molecule has 0 saturated carbocycles. The Morgan fingerprint density at radius 2 is 1.29 bits per heavy atom. The fourth-order valence-corrected chi connectivity index (χ4v) is 2.87. The van der Waals surface area contributed by atoms with Crippen LogP contribution >= 0.6 is 25.8 Å². The molecule has 0 radical (unpaired) electrons. The van der Waals surface area contributed by atoms with Crippen LogP contribution in [-0.2, 0) is 0 Å². The number of ether oxygens (including phenoxy) is 1. The molecule has 0 N–H and O–H groups in total. The van der Waals surface area contributed by atoms with E-state index in [-0.39, 0.29) is 0 Å². The zero-order valence-electron chi connectivity index (χ0n) is 13.0. The van der Waals surface area contributed by atoms with Gasteiger partial charge in [0.1, 0.15) is 17.2 Å². The summed E-state index contributed by atoms with van der Waals surface area (Å²) < 4.78 is 15.8. The third-order valence-electron chi connectivity index (χ3n) is 3.76. The molecule has 0 spiro atoms. The van der Waals surface area contributed by atoms with Crippen molar-refractivity contribution in [3.05, 3.63) is 66.7 Å². The van der Waals surface area contributed by atoms with Crippen LogP contribution in [0.5, 0.6) is 17.2 Å². The third kappa shape index (κ3) is 3.32. The smallest absolute Gasteiger partial charge is 0.145 e. The largest absolute Gasteiger partial charge is 0.497 e. The number of thiol groups is 2. The number of rotatable bonds is 5. The first-order valence-electron chi connectivity index (χ1n) is 7.27. The first kappa shape index (κ1) is 16.6. The molecule has 0 amide bonds. The predicted molar refractivity (Wildman–Crippen MR) is 103 cm³/mol. The summed E-state index contributed by atoms with van der Waals surface area (Å²) in [5.74, 6) is 1.95. The minimum absolute atomic E-state index is 0.607. The minimum Gasteiger partial charge on any atom is -0.497 e. The Bertz CT molecular complexity index is 835. The van der Waals surface area contributed by atoms with Crippen LogP contribution in [0, 0.1) is 0 Å². The maximum absolute atomic E-state index is 5.32. The highest BCUT2D eigenvalue weighted by molar-refractivity contribution is 7.75. The Morgan fingerprint density at radius 3 is 1.92 bits per heavy atom. The standard InChI is InChI=1S/C19H16O3S2/c1-20-15-8-10-19(22-24)17(12-15)16-11-14(7-9-18(16)21-23)13-5-3-2-4-6-13/h2-12,23-24H,1H3. The van der Waals surface area contributed by atoms with E-state index < -0.39 is 0 Å². The van der Waals surface area contributed by atoms with Gasteiger partial charge in [0.05, 0.1) is 7.11 Å². The molecular weight excluding hydrogens is 340 g/mol. The number of methoxy groups -OCH3 is 1. The second-order valence-corrected chi connectivity index (χ2v) is 5.49. The maximum atomic E-state index is 5.32. The average Bonchev–Trinajstić information content (AvgIpc) is 2.67. The quantitative estimate of drug-likeness (QED) is 0.468. The van der Waals surface area contributed by atoms with Gasteiger partial charge in [-0.1, -0.05) is 36.4 Å². The molecule has 122 valence electrons. The van der Waals surface area contributed by atoms with Gasteiger partial charge in [0.15, 0.2) is 0 Å². The van der Waals surface area contributed by atoms with E-state index in [2.05, 4.69) is 38.0 Å². The molecule has 0 unspecified atom stereocenters. The summed E-state index contributed by atoms with van der Waals surface area (Å²) in [6.07, 6.45) is 0. The van der Waals surface area contributed by atoms with Crippen LogP contribution in [0.3, 0.4) is 0 Å². The van der Waals surface area contributed by atoms with Gasteiger partial charge in [0.25, 0.3) is 0 Å². The molecule has 3 aromatic rings. The van der Waals surface area contributed by atoms with Crippen molar-refractivity contribution in [2.75, 3.05) is 7.11 Å². The lowest BCUT2D eigenvalue weighted by Crippen LogP contribution is -1.91. The Hall–Kier alpha value is -2.24. The van der Waals surface area contributed by atoms with E-state index in [0.29, 0.717) is 11.5 Å². The molecule has 3 nitrogen and oxygen atoms in total. The van der Waals surface area contributed by atoms with Gasteiger partial charge in [-0.25, -0.2) is 0 Å². The van der Waals surface area contributed by atoms with E-state index in [1.54, 1.807) is 13.2 Å². The first-order valence-corrected chi connectivity index (χ1v) is 8.00. The summed E-state index contributed by atoms with van der Waals surface area (Å²) in [4.78, 5) is 0. The normalized spacial score (nSPS) is 10.3. The molecule has 0 aliphatic carbocycles. The van der Waals surface area contributed by atoms with E-state index >= 15 is 0 Å². The zero-order valence-corrected chi connectivity index (χ0v) is 14.8. The van der Waals surface area contributed by atoms with E-state index in [9.17, 15) is 0 Å². The molecule has 0 aliphatic heterocycles.